The molecule has 3 amide bonds. The molecule has 1 aliphatic rings. The van der Waals surface area contributed by atoms with Crippen molar-refractivity contribution in [2.45, 2.75) is 58.5 Å². The molecule has 1 aromatic heterocycles. The fourth-order valence-corrected chi connectivity index (χ4v) is 2.96. The predicted octanol–water partition coefficient (Wildman–Crippen LogP) is 2.88. The van der Waals surface area contributed by atoms with E-state index in [1.165, 1.54) is 12.5 Å². The fourth-order valence-electron chi connectivity index (χ4n) is 2.96. The van der Waals surface area contributed by atoms with E-state index in [-0.39, 0.29) is 18.3 Å². The molecule has 128 valence electrons. The van der Waals surface area contributed by atoms with E-state index in [1.54, 1.807) is 6.07 Å². The van der Waals surface area contributed by atoms with Crippen LogP contribution in [0.1, 0.15) is 62.3 Å². The summed E-state index contributed by atoms with van der Waals surface area (Å²) in [5.74, 6) is 0.689. The first-order valence-electron chi connectivity index (χ1n) is 8.40. The van der Waals surface area contributed by atoms with Gasteiger partial charge in [-0.05, 0) is 50.2 Å². The number of carbonyl (C=O) groups is 2. The highest BCUT2D eigenvalue weighted by molar-refractivity contribution is 5.89. The second-order valence-corrected chi connectivity index (χ2v) is 6.60. The number of hydrogen-bond donors (Lipinski definition) is 2. The molecule has 1 fully saturated rings. The molecule has 6 heteroatoms. The quantitative estimate of drug-likeness (QED) is 0.844. The maximum absolute atomic E-state index is 12.4. The highest BCUT2D eigenvalue weighted by atomic mass is 16.4. The summed E-state index contributed by atoms with van der Waals surface area (Å²) in [4.78, 5) is 25.4. The Balaban J connectivity index is 1.87. The number of nitrogens with two attached hydrogens (primary N) is 1. The Morgan fingerprint density at radius 1 is 1.39 bits per heavy atom. The molecule has 0 aliphatic carbocycles. The van der Waals surface area contributed by atoms with E-state index in [0.29, 0.717) is 17.7 Å². The summed E-state index contributed by atoms with van der Waals surface area (Å²) in [6.45, 7) is 5.49. The molecule has 3 N–H and O–H groups in total. The largest absolute Gasteiger partial charge is 0.454 e. The lowest BCUT2D eigenvalue weighted by atomic mass is 9.95. The molecule has 23 heavy (non-hydrogen) atoms. The second kappa shape index (κ2) is 8.04. The molecule has 1 atom stereocenters. The number of carbonyl (C=O) groups excluding carboxylic acids is 2. The topological polar surface area (TPSA) is 88.6 Å². The number of primary amides is 1. The van der Waals surface area contributed by atoms with E-state index in [1.807, 2.05) is 4.90 Å². The van der Waals surface area contributed by atoms with Gasteiger partial charge in [0.25, 0.3) is 5.91 Å². The molecule has 1 aromatic rings. The molecule has 1 saturated heterocycles. The molecule has 0 bridgehead atoms. The van der Waals surface area contributed by atoms with Crippen LogP contribution in [0.25, 0.3) is 0 Å². The van der Waals surface area contributed by atoms with Crippen molar-refractivity contribution >= 4 is 11.9 Å². The van der Waals surface area contributed by atoms with E-state index < -0.39 is 5.91 Å². The van der Waals surface area contributed by atoms with Crippen LogP contribution in [0.3, 0.4) is 0 Å². The van der Waals surface area contributed by atoms with Gasteiger partial charge in [-0.2, -0.15) is 0 Å². The van der Waals surface area contributed by atoms with Gasteiger partial charge in [0.05, 0.1) is 6.54 Å². The average molecular weight is 321 g/mol. The number of furan rings is 1. The van der Waals surface area contributed by atoms with Gasteiger partial charge in [-0.15, -0.1) is 0 Å². The zero-order valence-corrected chi connectivity index (χ0v) is 14.0. The van der Waals surface area contributed by atoms with Gasteiger partial charge in [-0.25, -0.2) is 4.79 Å². The minimum atomic E-state index is -0.604. The van der Waals surface area contributed by atoms with Crippen LogP contribution in [0.15, 0.2) is 16.5 Å². The molecule has 0 aromatic carbocycles. The van der Waals surface area contributed by atoms with Crippen molar-refractivity contribution in [3.63, 3.8) is 0 Å². The van der Waals surface area contributed by atoms with Gasteiger partial charge in [0.1, 0.15) is 5.76 Å². The van der Waals surface area contributed by atoms with E-state index in [0.717, 1.165) is 32.2 Å². The van der Waals surface area contributed by atoms with E-state index in [9.17, 15) is 9.59 Å². The Hall–Kier alpha value is -1.98. The summed E-state index contributed by atoms with van der Waals surface area (Å²) < 4.78 is 5.28. The van der Waals surface area contributed by atoms with Crippen molar-refractivity contribution in [2.24, 2.45) is 11.7 Å². The van der Waals surface area contributed by atoms with Gasteiger partial charge in [-0.1, -0.05) is 13.8 Å². The monoisotopic (exact) mass is 321 g/mol. The van der Waals surface area contributed by atoms with Crippen molar-refractivity contribution in [1.29, 1.82) is 0 Å². The smallest absolute Gasteiger partial charge is 0.318 e. The van der Waals surface area contributed by atoms with Crippen molar-refractivity contribution in [1.82, 2.24) is 10.2 Å². The first kappa shape index (κ1) is 17.4. The molecular weight excluding hydrogens is 294 g/mol. The number of nitrogens with zero attached hydrogens (tertiary/aromatic N) is 1. The second-order valence-electron chi connectivity index (χ2n) is 6.60. The van der Waals surface area contributed by atoms with Crippen LogP contribution in [-0.4, -0.2) is 29.4 Å². The molecule has 0 unspecified atom stereocenters. The molecule has 0 spiro atoms. The number of rotatable bonds is 6. The maximum Gasteiger partial charge on any atom is 0.318 e. The Morgan fingerprint density at radius 3 is 2.83 bits per heavy atom. The lowest BCUT2D eigenvalue weighted by molar-refractivity contribution is 0.0972. The minimum Gasteiger partial charge on any atom is -0.454 e. The van der Waals surface area contributed by atoms with Crippen LogP contribution < -0.4 is 11.1 Å². The number of likely N-dealkylation sites (tertiary alicyclic amines) is 1. The number of amides is 3. The van der Waals surface area contributed by atoms with Crippen LogP contribution in [0.2, 0.25) is 0 Å². The van der Waals surface area contributed by atoms with Gasteiger partial charge in [-0.3, -0.25) is 4.79 Å². The molecule has 0 saturated carbocycles. The van der Waals surface area contributed by atoms with E-state index >= 15 is 0 Å². The SMILES string of the molecule is CC(C)CC[C@@H]1CCCCN1C(=O)NCc1ccc(C(N)=O)o1. The standard InChI is InChI=1S/C17H27N3O3/c1-12(2)6-7-13-5-3-4-10-20(13)17(22)19-11-14-8-9-15(23-14)16(18)21/h8-9,12-13H,3-7,10-11H2,1-2H3,(H2,18,21)(H,19,22)/t13-/m0/s1. The van der Waals surface area contributed by atoms with Crippen LogP contribution in [0, 0.1) is 5.92 Å². The van der Waals surface area contributed by atoms with Gasteiger partial charge >= 0.3 is 6.03 Å². The summed E-state index contributed by atoms with van der Waals surface area (Å²) in [5.41, 5.74) is 5.15. The number of hydrogen-bond acceptors (Lipinski definition) is 3. The van der Waals surface area contributed by atoms with Crippen LogP contribution in [0.5, 0.6) is 0 Å². The van der Waals surface area contributed by atoms with Gasteiger partial charge in [0.2, 0.25) is 0 Å². The third kappa shape index (κ3) is 5.01. The number of urea groups is 1. The third-order valence-electron chi connectivity index (χ3n) is 4.28. The predicted molar refractivity (Wildman–Crippen MR) is 87.9 cm³/mol. The first-order valence-corrected chi connectivity index (χ1v) is 8.40. The van der Waals surface area contributed by atoms with Crippen molar-refractivity contribution < 1.29 is 14.0 Å². The Labute approximate surface area is 137 Å². The van der Waals surface area contributed by atoms with E-state index in [4.69, 9.17) is 10.2 Å². The summed E-state index contributed by atoms with van der Waals surface area (Å²) >= 11 is 0. The summed E-state index contributed by atoms with van der Waals surface area (Å²) in [5, 5.41) is 2.88. The lowest BCUT2D eigenvalue weighted by Crippen LogP contribution is -2.48. The third-order valence-corrected chi connectivity index (χ3v) is 4.28. The van der Waals surface area contributed by atoms with Crippen LogP contribution >= 0.6 is 0 Å². The molecule has 2 rings (SSSR count). The van der Waals surface area contributed by atoms with Gasteiger partial charge in [0, 0.05) is 12.6 Å². The average Bonchev–Trinajstić information content (AvgIpc) is 3.00. The minimum absolute atomic E-state index is 0.0597. The maximum atomic E-state index is 12.4. The summed E-state index contributed by atoms with van der Waals surface area (Å²) in [6, 6.07) is 3.45. The Bertz CT molecular complexity index is 539. The lowest BCUT2D eigenvalue weighted by Gasteiger charge is -2.36. The number of nitrogens with one attached hydrogen (secondary N) is 1. The fraction of sp³-hybridized carbons (Fsp3) is 0.647. The van der Waals surface area contributed by atoms with Crippen LogP contribution in [0.4, 0.5) is 4.79 Å². The van der Waals surface area contributed by atoms with Gasteiger partial charge < -0.3 is 20.4 Å². The molecule has 2 heterocycles. The molecule has 0 radical (unpaired) electrons. The zero-order valence-electron chi connectivity index (χ0n) is 14.0. The molecular formula is C17H27N3O3. The highest BCUT2D eigenvalue weighted by Crippen LogP contribution is 2.22. The molecule has 6 nitrogen and oxygen atoms in total. The normalized spacial score (nSPS) is 18.2. The van der Waals surface area contributed by atoms with Gasteiger partial charge in [0.15, 0.2) is 5.76 Å². The van der Waals surface area contributed by atoms with Crippen LogP contribution in [-0.2, 0) is 6.54 Å². The van der Waals surface area contributed by atoms with Crippen molar-refractivity contribution in [3.05, 3.63) is 23.7 Å². The number of piperidine rings is 1. The summed E-state index contributed by atoms with van der Waals surface area (Å²) in [6.07, 6.45) is 5.50. The highest BCUT2D eigenvalue weighted by Gasteiger charge is 2.26. The van der Waals surface area contributed by atoms with Crippen molar-refractivity contribution in [2.75, 3.05) is 6.54 Å². The first-order chi connectivity index (χ1) is 11.0. The zero-order chi connectivity index (χ0) is 16.8. The Morgan fingerprint density at radius 2 is 2.17 bits per heavy atom. The Kier molecular flexibility index (Phi) is 6.07. The van der Waals surface area contributed by atoms with Crippen molar-refractivity contribution in [3.8, 4) is 0 Å². The summed E-state index contributed by atoms with van der Waals surface area (Å²) in [7, 11) is 0. The van der Waals surface area contributed by atoms with E-state index in [2.05, 4.69) is 19.2 Å². The molecule has 1 aliphatic heterocycles.